The number of aldehydes is 1. The summed E-state index contributed by atoms with van der Waals surface area (Å²) in [4.78, 5) is 25.0. The van der Waals surface area contributed by atoms with Crippen LogP contribution in [0.2, 0.25) is 0 Å². The lowest BCUT2D eigenvalue weighted by Gasteiger charge is -2.44. The van der Waals surface area contributed by atoms with E-state index in [1.54, 1.807) is 4.90 Å². The number of carbonyl (C=O) groups excluding carboxylic acids is 2. The van der Waals surface area contributed by atoms with E-state index in [2.05, 4.69) is 19.1 Å². The highest BCUT2D eigenvalue weighted by atomic mass is 16.2. The molecule has 1 aromatic carbocycles. The van der Waals surface area contributed by atoms with Crippen molar-refractivity contribution in [3.8, 4) is 0 Å². The molecule has 88 valence electrons. The fourth-order valence-electron chi connectivity index (χ4n) is 3.33. The molecule has 3 heteroatoms. The number of hydrogen-bond donors (Lipinski definition) is 0. The largest absolute Gasteiger partial charge is 0.323 e. The maximum atomic E-state index is 12.0. The van der Waals surface area contributed by atoms with Gasteiger partial charge in [0, 0.05) is 12.8 Å². The van der Waals surface area contributed by atoms with Crippen LogP contribution >= 0.6 is 0 Å². The third-order valence-corrected chi connectivity index (χ3v) is 4.14. The Morgan fingerprint density at radius 2 is 2.18 bits per heavy atom. The van der Waals surface area contributed by atoms with E-state index in [0.717, 1.165) is 12.7 Å². The maximum absolute atomic E-state index is 12.0. The average molecular weight is 229 g/mol. The van der Waals surface area contributed by atoms with Crippen molar-refractivity contribution in [1.82, 2.24) is 4.90 Å². The van der Waals surface area contributed by atoms with Gasteiger partial charge in [-0.05, 0) is 24.5 Å². The van der Waals surface area contributed by atoms with Crippen LogP contribution < -0.4 is 0 Å². The lowest BCUT2D eigenvalue weighted by molar-refractivity contribution is -0.138. The number of carbonyl (C=O) groups is 2. The lowest BCUT2D eigenvalue weighted by atomic mass is 9.79. The zero-order valence-corrected chi connectivity index (χ0v) is 9.85. The molecule has 2 atom stereocenters. The Morgan fingerprint density at radius 1 is 1.41 bits per heavy atom. The molecule has 1 amide bonds. The SMILES string of the molecule is C[C@@]12CCC(=O)N1[C@H](C=O)Cc1ccccc12. The standard InChI is InChI=1S/C14H15NO2/c1-14-7-6-13(17)15(14)11(9-16)8-10-4-2-3-5-12(10)14/h2-5,9,11H,6-8H2,1H3/t11-,14-/m0/s1. The molecule has 1 saturated heterocycles. The normalized spacial score (nSPS) is 31.0. The first-order valence-electron chi connectivity index (χ1n) is 6.02. The van der Waals surface area contributed by atoms with Gasteiger partial charge >= 0.3 is 0 Å². The number of amides is 1. The van der Waals surface area contributed by atoms with Crippen molar-refractivity contribution < 1.29 is 9.59 Å². The fraction of sp³-hybridized carbons (Fsp3) is 0.429. The minimum atomic E-state index is -0.287. The third-order valence-electron chi connectivity index (χ3n) is 4.14. The maximum Gasteiger partial charge on any atom is 0.224 e. The predicted octanol–water partition coefficient (Wildman–Crippen LogP) is 1.65. The summed E-state index contributed by atoms with van der Waals surface area (Å²) >= 11 is 0. The highest BCUT2D eigenvalue weighted by Gasteiger charge is 2.49. The smallest absolute Gasteiger partial charge is 0.224 e. The van der Waals surface area contributed by atoms with Gasteiger partial charge in [0.05, 0.1) is 11.6 Å². The van der Waals surface area contributed by atoms with Crippen molar-refractivity contribution in [3.05, 3.63) is 35.4 Å². The monoisotopic (exact) mass is 229 g/mol. The predicted molar refractivity (Wildman–Crippen MR) is 63.4 cm³/mol. The first-order valence-corrected chi connectivity index (χ1v) is 6.02. The van der Waals surface area contributed by atoms with E-state index in [4.69, 9.17) is 0 Å². The zero-order chi connectivity index (χ0) is 12.0. The van der Waals surface area contributed by atoms with E-state index in [1.807, 2.05) is 12.1 Å². The van der Waals surface area contributed by atoms with Gasteiger partial charge in [-0.15, -0.1) is 0 Å². The molecular formula is C14H15NO2. The van der Waals surface area contributed by atoms with E-state index in [1.165, 1.54) is 11.1 Å². The van der Waals surface area contributed by atoms with Gasteiger partial charge < -0.3 is 9.69 Å². The van der Waals surface area contributed by atoms with E-state index >= 15 is 0 Å². The Labute approximate surface area is 100 Å². The Morgan fingerprint density at radius 3 is 2.94 bits per heavy atom. The summed E-state index contributed by atoms with van der Waals surface area (Å²) in [6.07, 6.45) is 2.93. The lowest BCUT2D eigenvalue weighted by Crippen LogP contribution is -2.53. The van der Waals surface area contributed by atoms with Gasteiger partial charge in [-0.3, -0.25) is 4.79 Å². The summed E-state index contributed by atoms with van der Waals surface area (Å²) in [6, 6.07) is 7.87. The van der Waals surface area contributed by atoms with Gasteiger partial charge in [0.1, 0.15) is 6.29 Å². The molecule has 2 heterocycles. The molecule has 3 nitrogen and oxygen atoms in total. The van der Waals surface area contributed by atoms with Crippen LogP contribution in [-0.4, -0.2) is 23.1 Å². The van der Waals surface area contributed by atoms with E-state index in [-0.39, 0.29) is 17.5 Å². The number of rotatable bonds is 1. The molecule has 3 rings (SSSR count). The van der Waals surface area contributed by atoms with Gasteiger partial charge in [-0.25, -0.2) is 0 Å². The van der Waals surface area contributed by atoms with Crippen molar-refractivity contribution in [2.75, 3.05) is 0 Å². The molecular weight excluding hydrogens is 214 g/mol. The summed E-state index contributed by atoms with van der Waals surface area (Å²) in [5.74, 6) is 0.110. The van der Waals surface area contributed by atoms with Crippen molar-refractivity contribution in [3.63, 3.8) is 0 Å². The van der Waals surface area contributed by atoms with Crippen molar-refractivity contribution >= 4 is 12.2 Å². The van der Waals surface area contributed by atoms with Gasteiger partial charge in [0.15, 0.2) is 0 Å². The first kappa shape index (κ1) is 10.5. The average Bonchev–Trinajstić information content (AvgIpc) is 2.66. The van der Waals surface area contributed by atoms with Crippen LogP contribution in [0.1, 0.15) is 30.9 Å². The number of benzene rings is 1. The van der Waals surface area contributed by atoms with E-state index in [9.17, 15) is 9.59 Å². The van der Waals surface area contributed by atoms with Crippen LogP contribution in [-0.2, 0) is 21.5 Å². The van der Waals surface area contributed by atoms with Crippen LogP contribution in [0.4, 0.5) is 0 Å². The molecule has 0 bridgehead atoms. The zero-order valence-electron chi connectivity index (χ0n) is 9.85. The second-order valence-electron chi connectivity index (χ2n) is 5.10. The topological polar surface area (TPSA) is 37.4 Å². The first-order chi connectivity index (χ1) is 8.16. The Hall–Kier alpha value is -1.64. The van der Waals surface area contributed by atoms with E-state index < -0.39 is 0 Å². The van der Waals surface area contributed by atoms with Crippen LogP contribution in [0.15, 0.2) is 24.3 Å². The summed E-state index contributed by atoms with van der Waals surface area (Å²) in [5.41, 5.74) is 2.14. The molecule has 0 N–H and O–H groups in total. The van der Waals surface area contributed by atoms with Gasteiger partial charge in [0.25, 0.3) is 0 Å². The number of hydrogen-bond acceptors (Lipinski definition) is 2. The molecule has 0 radical (unpaired) electrons. The third kappa shape index (κ3) is 1.28. The molecule has 2 aliphatic rings. The molecule has 0 unspecified atom stereocenters. The Kier molecular flexibility index (Phi) is 2.12. The van der Waals surface area contributed by atoms with Gasteiger partial charge in [-0.1, -0.05) is 24.3 Å². The highest BCUT2D eigenvalue weighted by molar-refractivity contribution is 5.84. The van der Waals surface area contributed by atoms with Crippen molar-refractivity contribution in [2.24, 2.45) is 0 Å². The quantitative estimate of drug-likeness (QED) is 0.687. The number of nitrogens with zero attached hydrogens (tertiary/aromatic N) is 1. The Balaban J connectivity index is 2.19. The molecule has 2 aliphatic heterocycles. The second kappa shape index (κ2) is 3.42. The highest BCUT2D eigenvalue weighted by Crippen LogP contribution is 2.45. The van der Waals surface area contributed by atoms with Crippen LogP contribution in [0, 0.1) is 0 Å². The van der Waals surface area contributed by atoms with Crippen LogP contribution in [0.3, 0.4) is 0 Å². The fourth-order valence-corrected chi connectivity index (χ4v) is 3.33. The number of fused-ring (bicyclic) bond motifs is 3. The van der Waals surface area contributed by atoms with Crippen molar-refractivity contribution in [1.29, 1.82) is 0 Å². The van der Waals surface area contributed by atoms with Crippen LogP contribution in [0.25, 0.3) is 0 Å². The van der Waals surface area contributed by atoms with Gasteiger partial charge in [0.2, 0.25) is 5.91 Å². The van der Waals surface area contributed by atoms with Crippen molar-refractivity contribution in [2.45, 2.75) is 37.8 Å². The molecule has 1 aromatic rings. The molecule has 0 aliphatic carbocycles. The molecule has 0 spiro atoms. The van der Waals surface area contributed by atoms with Gasteiger partial charge in [-0.2, -0.15) is 0 Å². The van der Waals surface area contributed by atoms with E-state index in [0.29, 0.717) is 12.8 Å². The summed E-state index contributed by atoms with van der Waals surface area (Å²) in [5, 5.41) is 0. The molecule has 17 heavy (non-hydrogen) atoms. The minimum absolute atomic E-state index is 0.110. The summed E-state index contributed by atoms with van der Waals surface area (Å²) in [6.45, 7) is 2.08. The summed E-state index contributed by atoms with van der Waals surface area (Å²) in [7, 11) is 0. The summed E-state index contributed by atoms with van der Waals surface area (Å²) < 4.78 is 0. The molecule has 0 aromatic heterocycles. The molecule has 0 saturated carbocycles. The minimum Gasteiger partial charge on any atom is -0.323 e. The van der Waals surface area contributed by atoms with Crippen LogP contribution in [0.5, 0.6) is 0 Å². The second-order valence-corrected chi connectivity index (χ2v) is 5.10. The Bertz CT molecular complexity index is 497. The molecule has 1 fully saturated rings.